The summed E-state index contributed by atoms with van der Waals surface area (Å²) in [5.74, 6) is 1.24. The van der Waals surface area contributed by atoms with E-state index < -0.39 is 0 Å². The van der Waals surface area contributed by atoms with Crippen molar-refractivity contribution in [2.45, 2.75) is 33.2 Å². The third kappa shape index (κ3) is 3.88. The number of hydrogen-bond acceptors (Lipinski definition) is 5. The molecule has 0 aliphatic carbocycles. The number of benzene rings is 2. The molecule has 0 saturated carbocycles. The van der Waals surface area contributed by atoms with Gasteiger partial charge >= 0.3 is 0 Å². The largest absolute Gasteiger partial charge is 0.355 e. The molecule has 5 heteroatoms. The quantitative estimate of drug-likeness (QED) is 0.705. The van der Waals surface area contributed by atoms with Crippen molar-refractivity contribution < 1.29 is 4.52 Å². The Bertz CT molecular complexity index is 856. The van der Waals surface area contributed by atoms with Crippen molar-refractivity contribution in [2.24, 2.45) is 0 Å². The van der Waals surface area contributed by atoms with Crippen LogP contribution in [-0.4, -0.2) is 23.2 Å². The molecule has 0 amide bonds. The summed E-state index contributed by atoms with van der Waals surface area (Å²) in [7, 11) is 1.93. The molecule has 1 heterocycles. The van der Waals surface area contributed by atoms with E-state index in [1.54, 1.807) is 0 Å². The van der Waals surface area contributed by atoms with E-state index in [0.29, 0.717) is 17.8 Å². The second kappa shape index (κ2) is 7.49. The van der Waals surface area contributed by atoms with E-state index in [1.165, 1.54) is 11.1 Å². The van der Waals surface area contributed by atoms with Crippen molar-refractivity contribution in [2.75, 3.05) is 12.4 Å². The number of para-hydroxylation sites is 1. The number of hydrogen-bond donors (Lipinski definition) is 2. The van der Waals surface area contributed by atoms with Crippen LogP contribution in [-0.2, 0) is 6.42 Å². The first-order valence-electron chi connectivity index (χ1n) is 8.51. The molecule has 2 aromatic carbocycles. The molecular formula is C20H24N4O. The van der Waals surface area contributed by atoms with E-state index in [1.807, 2.05) is 31.3 Å². The van der Waals surface area contributed by atoms with Gasteiger partial charge in [-0.15, -0.1) is 0 Å². The fourth-order valence-corrected chi connectivity index (χ4v) is 2.63. The van der Waals surface area contributed by atoms with Crippen molar-refractivity contribution in [3.8, 4) is 11.5 Å². The number of aryl methyl sites for hydroxylation is 1. The minimum absolute atomic E-state index is 0.300. The monoisotopic (exact) mass is 336 g/mol. The summed E-state index contributed by atoms with van der Waals surface area (Å²) in [6.45, 7) is 6.32. The van der Waals surface area contributed by atoms with Crippen LogP contribution in [0.25, 0.3) is 11.5 Å². The highest BCUT2D eigenvalue weighted by atomic mass is 16.5. The number of aromatic nitrogens is 2. The normalized spacial score (nSPS) is 12.2. The molecule has 3 rings (SSSR count). The smallest absolute Gasteiger partial charge is 0.260 e. The van der Waals surface area contributed by atoms with Gasteiger partial charge in [0, 0.05) is 18.2 Å². The van der Waals surface area contributed by atoms with E-state index in [4.69, 9.17) is 4.52 Å². The van der Waals surface area contributed by atoms with Gasteiger partial charge in [0.2, 0.25) is 0 Å². The molecule has 0 aliphatic rings. The van der Waals surface area contributed by atoms with Crippen LogP contribution in [0.3, 0.4) is 0 Å². The van der Waals surface area contributed by atoms with Crippen LogP contribution in [0.5, 0.6) is 0 Å². The molecule has 0 fully saturated rings. The third-order valence-electron chi connectivity index (χ3n) is 4.48. The Morgan fingerprint density at radius 2 is 1.80 bits per heavy atom. The SMILES string of the molecule is CNC(C)Cc1noc(-c2ccccc2Nc2cccc(C)c2C)n1. The number of anilines is 2. The maximum Gasteiger partial charge on any atom is 0.260 e. The standard InChI is InChI=1S/C20H24N4O/c1-13-8-7-11-17(15(13)3)22-18-10-6-5-9-16(18)20-23-19(24-25-20)12-14(2)21-4/h5-11,14,21-22H,12H2,1-4H3. The van der Waals surface area contributed by atoms with Crippen molar-refractivity contribution in [3.63, 3.8) is 0 Å². The molecule has 0 aliphatic heterocycles. The van der Waals surface area contributed by atoms with E-state index in [0.717, 1.165) is 23.4 Å². The lowest BCUT2D eigenvalue weighted by Gasteiger charge is -2.13. The maximum absolute atomic E-state index is 5.50. The predicted octanol–water partition coefficient (Wildman–Crippen LogP) is 4.25. The molecule has 0 spiro atoms. The average Bonchev–Trinajstić information content (AvgIpc) is 3.07. The molecule has 2 N–H and O–H groups in total. The fourth-order valence-electron chi connectivity index (χ4n) is 2.63. The zero-order valence-corrected chi connectivity index (χ0v) is 15.1. The van der Waals surface area contributed by atoms with Gasteiger partial charge in [-0.2, -0.15) is 4.98 Å². The molecule has 1 unspecified atom stereocenters. The van der Waals surface area contributed by atoms with Crippen LogP contribution >= 0.6 is 0 Å². The average molecular weight is 336 g/mol. The Morgan fingerprint density at radius 1 is 1.04 bits per heavy atom. The molecule has 3 aromatic rings. The highest BCUT2D eigenvalue weighted by Crippen LogP contribution is 2.31. The summed E-state index contributed by atoms with van der Waals surface area (Å²) in [5.41, 5.74) is 5.42. The lowest BCUT2D eigenvalue weighted by atomic mass is 10.1. The molecule has 0 radical (unpaired) electrons. The summed E-state index contributed by atoms with van der Waals surface area (Å²) in [4.78, 5) is 4.55. The molecule has 1 atom stereocenters. The molecule has 130 valence electrons. The van der Waals surface area contributed by atoms with E-state index >= 15 is 0 Å². The summed E-state index contributed by atoms with van der Waals surface area (Å²) in [6.07, 6.45) is 0.729. The molecule has 25 heavy (non-hydrogen) atoms. The second-order valence-electron chi connectivity index (χ2n) is 6.33. The lowest BCUT2D eigenvalue weighted by Crippen LogP contribution is -2.24. The summed E-state index contributed by atoms with van der Waals surface area (Å²) in [6, 6.07) is 14.5. The summed E-state index contributed by atoms with van der Waals surface area (Å²) < 4.78 is 5.50. The Labute approximate surface area is 148 Å². The Kier molecular flexibility index (Phi) is 5.14. The van der Waals surface area contributed by atoms with Crippen LogP contribution in [0.2, 0.25) is 0 Å². The van der Waals surface area contributed by atoms with Gasteiger partial charge in [0.25, 0.3) is 5.89 Å². The minimum Gasteiger partial charge on any atom is -0.355 e. The van der Waals surface area contributed by atoms with Crippen molar-refractivity contribution in [3.05, 3.63) is 59.4 Å². The first-order valence-corrected chi connectivity index (χ1v) is 8.51. The van der Waals surface area contributed by atoms with E-state index in [9.17, 15) is 0 Å². The van der Waals surface area contributed by atoms with Crippen molar-refractivity contribution in [1.29, 1.82) is 0 Å². The first-order chi connectivity index (χ1) is 12.1. The summed E-state index contributed by atoms with van der Waals surface area (Å²) in [5, 5.41) is 10.8. The number of likely N-dealkylation sites (N-methyl/N-ethyl adjacent to an activating group) is 1. The van der Waals surface area contributed by atoms with Crippen LogP contribution in [0.15, 0.2) is 47.0 Å². The van der Waals surface area contributed by atoms with Crippen molar-refractivity contribution in [1.82, 2.24) is 15.5 Å². The lowest BCUT2D eigenvalue weighted by molar-refractivity contribution is 0.418. The van der Waals surface area contributed by atoms with Gasteiger partial charge in [0.1, 0.15) is 0 Å². The van der Waals surface area contributed by atoms with Crippen molar-refractivity contribution >= 4 is 11.4 Å². The molecule has 0 saturated heterocycles. The van der Waals surface area contributed by atoms with Crippen LogP contribution in [0.1, 0.15) is 23.9 Å². The Morgan fingerprint density at radius 3 is 2.60 bits per heavy atom. The topological polar surface area (TPSA) is 63.0 Å². The molecule has 0 bridgehead atoms. The van der Waals surface area contributed by atoms with Gasteiger partial charge in [0.15, 0.2) is 5.82 Å². The third-order valence-corrected chi connectivity index (χ3v) is 4.48. The molecule has 1 aromatic heterocycles. The Hall–Kier alpha value is -2.66. The van der Waals surface area contributed by atoms with Crippen LogP contribution in [0, 0.1) is 13.8 Å². The first kappa shape index (κ1) is 17.2. The van der Waals surface area contributed by atoms with E-state index in [2.05, 4.69) is 59.7 Å². The molecular weight excluding hydrogens is 312 g/mol. The summed E-state index contributed by atoms with van der Waals surface area (Å²) >= 11 is 0. The zero-order valence-electron chi connectivity index (χ0n) is 15.1. The maximum atomic E-state index is 5.50. The Balaban J connectivity index is 1.90. The van der Waals surface area contributed by atoms with Crippen LogP contribution in [0.4, 0.5) is 11.4 Å². The molecule has 5 nitrogen and oxygen atoms in total. The number of nitrogens with zero attached hydrogens (tertiary/aromatic N) is 2. The minimum atomic E-state index is 0.300. The highest BCUT2D eigenvalue weighted by Gasteiger charge is 2.15. The van der Waals surface area contributed by atoms with Gasteiger partial charge in [-0.3, -0.25) is 0 Å². The van der Waals surface area contributed by atoms with Gasteiger partial charge in [-0.1, -0.05) is 29.4 Å². The van der Waals surface area contributed by atoms with Gasteiger partial charge in [0.05, 0.1) is 11.3 Å². The van der Waals surface area contributed by atoms with Crippen LogP contribution < -0.4 is 10.6 Å². The number of rotatable bonds is 6. The predicted molar refractivity (Wildman–Crippen MR) is 101 cm³/mol. The fraction of sp³-hybridized carbons (Fsp3) is 0.300. The van der Waals surface area contributed by atoms with Gasteiger partial charge in [-0.25, -0.2) is 0 Å². The van der Waals surface area contributed by atoms with E-state index in [-0.39, 0.29) is 0 Å². The number of nitrogens with one attached hydrogen (secondary N) is 2. The van der Waals surface area contributed by atoms with Gasteiger partial charge in [-0.05, 0) is 57.1 Å². The van der Waals surface area contributed by atoms with Gasteiger partial charge < -0.3 is 15.2 Å². The zero-order chi connectivity index (χ0) is 17.8. The second-order valence-corrected chi connectivity index (χ2v) is 6.33. The highest BCUT2D eigenvalue weighted by molar-refractivity contribution is 5.78.